The second-order valence-corrected chi connectivity index (χ2v) is 7.55. The van der Waals surface area contributed by atoms with Gasteiger partial charge in [-0.25, -0.2) is 0 Å². The molecule has 0 aromatic rings. The van der Waals surface area contributed by atoms with E-state index in [-0.39, 0.29) is 5.97 Å². The fourth-order valence-corrected chi connectivity index (χ4v) is 3.12. The summed E-state index contributed by atoms with van der Waals surface area (Å²) in [7, 11) is 0. The Kier molecular flexibility index (Phi) is 4.55. The van der Waals surface area contributed by atoms with Crippen molar-refractivity contribution >= 4 is 5.97 Å². The van der Waals surface area contributed by atoms with Crippen molar-refractivity contribution < 1.29 is 9.53 Å². The van der Waals surface area contributed by atoms with Crippen LogP contribution in [0.2, 0.25) is 0 Å². The highest BCUT2D eigenvalue weighted by molar-refractivity contribution is 5.80. The number of hydrogen-bond acceptors (Lipinski definition) is 4. The largest absolute Gasteiger partial charge is 0.465 e. The van der Waals surface area contributed by atoms with Gasteiger partial charge in [-0.2, -0.15) is 0 Å². The molecule has 4 nitrogen and oxygen atoms in total. The summed E-state index contributed by atoms with van der Waals surface area (Å²) >= 11 is 0. The molecule has 21 heavy (non-hydrogen) atoms. The molecule has 0 saturated heterocycles. The normalized spacial score (nSPS) is 24.9. The molecule has 0 heterocycles. The van der Waals surface area contributed by atoms with Crippen LogP contribution in [0.4, 0.5) is 0 Å². The van der Waals surface area contributed by atoms with E-state index >= 15 is 0 Å². The maximum atomic E-state index is 12.5. The Morgan fingerprint density at radius 3 is 2.14 bits per heavy atom. The third-order valence-corrected chi connectivity index (χ3v) is 4.79. The monoisotopic (exact) mass is 294 g/mol. The molecule has 0 aromatic carbocycles. The zero-order chi connectivity index (χ0) is 14.9. The van der Waals surface area contributed by atoms with Crippen LogP contribution in [0.25, 0.3) is 0 Å². The molecule has 3 aliphatic rings. The predicted octanol–water partition coefficient (Wildman–Crippen LogP) is 2.18. The lowest BCUT2D eigenvalue weighted by molar-refractivity contribution is -0.151. The van der Waals surface area contributed by atoms with Crippen LogP contribution in [-0.2, 0) is 9.53 Å². The minimum absolute atomic E-state index is 0.0755. The van der Waals surface area contributed by atoms with Crippen molar-refractivity contribution in [2.45, 2.75) is 64.0 Å². The molecule has 0 spiro atoms. The van der Waals surface area contributed by atoms with Crippen molar-refractivity contribution in [1.82, 2.24) is 10.2 Å². The number of carbonyl (C=O) groups excluding carboxylic acids is 1. The Balaban J connectivity index is 1.62. The lowest BCUT2D eigenvalue weighted by Crippen LogP contribution is -2.58. The van der Waals surface area contributed by atoms with Crippen LogP contribution in [0.5, 0.6) is 0 Å². The second kappa shape index (κ2) is 6.25. The van der Waals surface area contributed by atoms with Gasteiger partial charge in [-0.1, -0.05) is 0 Å². The van der Waals surface area contributed by atoms with Crippen molar-refractivity contribution in [3.05, 3.63) is 0 Å². The number of ether oxygens (including phenoxy) is 1. The summed E-state index contributed by atoms with van der Waals surface area (Å²) in [5, 5.41) is 3.55. The maximum absolute atomic E-state index is 12.5. The molecular weight excluding hydrogens is 264 g/mol. The van der Waals surface area contributed by atoms with E-state index < -0.39 is 5.54 Å². The van der Waals surface area contributed by atoms with Gasteiger partial charge in [-0.15, -0.1) is 0 Å². The topological polar surface area (TPSA) is 41.6 Å². The van der Waals surface area contributed by atoms with Crippen LogP contribution in [0.1, 0.15) is 52.4 Å². The van der Waals surface area contributed by atoms with Gasteiger partial charge in [-0.05, 0) is 64.2 Å². The first-order valence-corrected chi connectivity index (χ1v) is 8.76. The van der Waals surface area contributed by atoms with Gasteiger partial charge in [0.1, 0.15) is 5.54 Å². The first kappa shape index (κ1) is 15.3. The summed E-state index contributed by atoms with van der Waals surface area (Å²) in [6.45, 7) is 7.52. The molecule has 0 radical (unpaired) electrons. The first-order chi connectivity index (χ1) is 10.1. The molecule has 3 fully saturated rings. The van der Waals surface area contributed by atoms with Gasteiger partial charge in [0.05, 0.1) is 6.61 Å². The number of esters is 1. The lowest BCUT2D eigenvalue weighted by Gasteiger charge is -2.35. The van der Waals surface area contributed by atoms with Crippen molar-refractivity contribution in [1.29, 1.82) is 0 Å². The zero-order valence-electron chi connectivity index (χ0n) is 13.6. The lowest BCUT2D eigenvalue weighted by atomic mass is 10.0. The van der Waals surface area contributed by atoms with Crippen LogP contribution < -0.4 is 5.32 Å². The molecule has 3 rings (SSSR count). The van der Waals surface area contributed by atoms with E-state index in [2.05, 4.69) is 10.2 Å². The number of nitrogens with one attached hydrogen (secondary N) is 1. The van der Waals surface area contributed by atoms with E-state index in [1.807, 2.05) is 13.8 Å². The summed E-state index contributed by atoms with van der Waals surface area (Å²) < 4.78 is 5.35. The molecule has 1 N–H and O–H groups in total. The van der Waals surface area contributed by atoms with Crippen LogP contribution >= 0.6 is 0 Å². The van der Waals surface area contributed by atoms with Crippen LogP contribution in [0.3, 0.4) is 0 Å². The highest BCUT2D eigenvalue weighted by Crippen LogP contribution is 2.34. The molecular formula is C17H30N2O2. The minimum atomic E-state index is -0.541. The van der Waals surface area contributed by atoms with E-state index in [9.17, 15) is 4.79 Å². The summed E-state index contributed by atoms with van der Waals surface area (Å²) in [6, 6.07) is 0.517. The summed E-state index contributed by atoms with van der Waals surface area (Å²) in [5.74, 6) is 1.67. The molecule has 0 aliphatic heterocycles. The summed E-state index contributed by atoms with van der Waals surface area (Å²) in [4.78, 5) is 15.0. The number of rotatable bonds is 10. The van der Waals surface area contributed by atoms with Crippen LogP contribution in [-0.4, -0.2) is 48.7 Å². The minimum Gasteiger partial charge on any atom is -0.465 e. The van der Waals surface area contributed by atoms with Crippen molar-refractivity contribution in [2.75, 3.05) is 26.2 Å². The summed E-state index contributed by atoms with van der Waals surface area (Å²) in [5.41, 5.74) is -0.541. The quantitative estimate of drug-likeness (QED) is 0.627. The number of hydrogen-bond donors (Lipinski definition) is 1. The van der Waals surface area contributed by atoms with E-state index in [1.54, 1.807) is 0 Å². The fraction of sp³-hybridized carbons (Fsp3) is 0.941. The Labute approximate surface area is 128 Å². The van der Waals surface area contributed by atoms with Crippen molar-refractivity contribution in [3.63, 3.8) is 0 Å². The number of nitrogens with zero attached hydrogens (tertiary/aromatic N) is 1. The van der Waals surface area contributed by atoms with Gasteiger partial charge < -0.3 is 9.64 Å². The fourth-order valence-electron chi connectivity index (χ4n) is 3.12. The van der Waals surface area contributed by atoms with Gasteiger partial charge in [0, 0.05) is 25.7 Å². The third-order valence-electron chi connectivity index (χ3n) is 4.79. The van der Waals surface area contributed by atoms with Crippen LogP contribution in [0.15, 0.2) is 0 Å². The van der Waals surface area contributed by atoms with Crippen molar-refractivity contribution in [3.8, 4) is 0 Å². The van der Waals surface area contributed by atoms with E-state index in [4.69, 9.17) is 4.74 Å². The molecule has 1 unspecified atom stereocenters. The van der Waals surface area contributed by atoms with E-state index in [0.717, 1.165) is 31.5 Å². The molecule has 3 saturated carbocycles. The molecule has 3 aliphatic carbocycles. The van der Waals surface area contributed by atoms with E-state index in [0.29, 0.717) is 12.6 Å². The standard InChI is InChI=1S/C17H30N2O2/c1-3-21-16(20)17(2,18-15-8-9-15)12-19(10-13-4-5-13)11-14-6-7-14/h13-15,18H,3-12H2,1-2H3. The third kappa shape index (κ3) is 4.68. The first-order valence-electron chi connectivity index (χ1n) is 8.76. The SMILES string of the molecule is CCOC(=O)C(C)(CN(CC1CC1)CC1CC1)NC1CC1. The Morgan fingerprint density at radius 1 is 1.14 bits per heavy atom. The molecule has 0 bridgehead atoms. The molecule has 0 aromatic heterocycles. The van der Waals surface area contributed by atoms with Gasteiger partial charge in [0.25, 0.3) is 0 Å². The van der Waals surface area contributed by atoms with Crippen LogP contribution in [0, 0.1) is 11.8 Å². The van der Waals surface area contributed by atoms with Gasteiger partial charge in [0.2, 0.25) is 0 Å². The molecule has 4 heteroatoms. The second-order valence-electron chi connectivity index (χ2n) is 7.55. The molecule has 120 valence electrons. The Bertz CT molecular complexity index is 361. The Morgan fingerprint density at radius 2 is 1.71 bits per heavy atom. The smallest absolute Gasteiger partial charge is 0.327 e. The van der Waals surface area contributed by atoms with E-state index in [1.165, 1.54) is 38.5 Å². The number of carbonyl (C=O) groups is 1. The van der Waals surface area contributed by atoms with Gasteiger partial charge in [0.15, 0.2) is 0 Å². The average molecular weight is 294 g/mol. The predicted molar refractivity (Wildman–Crippen MR) is 83.1 cm³/mol. The maximum Gasteiger partial charge on any atom is 0.327 e. The Hall–Kier alpha value is -0.610. The van der Waals surface area contributed by atoms with Gasteiger partial charge in [-0.3, -0.25) is 10.1 Å². The zero-order valence-corrected chi connectivity index (χ0v) is 13.6. The molecule has 0 amide bonds. The van der Waals surface area contributed by atoms with Crippen molar-refractivity contribution in [2.24, 2.45) is 11.8 Å². The highest BCUT2D eigenvalue weighted by Gasteiger charge is 2.42. The summed E-state index contributed by atoms with van der Waals surface area (Å²) in [6.07, 6.45) is 7.86. The highest BCUT2D eigenvalue weighted by atomic mass is 16.5. The molecule has 1 atom stereocenters. The van der Waals surface area contributed by atoms with Gasteiger partial charge >= 0.3 is 5.97 Å². The average Bonchev–Trinajstić information content (AvgIpc) is 3.22.